The van der Waals surface area contributed by atoms with Crippen molar-refractivity contribution in [3.8, 4) is 16.3 Å². The molecule has 0 amide bonds. The van der Waals surface area contributed by atoms with Crippen LogP contribution in [-0.4, -0.2) is 33.0 Å². The molecule has 1 aliphatic carbocycles. The van der Waals surface area contributed by atoms with Crippen LogP contribution in [0.15, 0.2) is 34.2 Å². The van der Waals surface area contributed by atoms with E-state index < -0.39 is 5.60 Å². The van der Waals surface area contributed by atoms with Gasteiger partial charge in [0.1, 0.15) is 17.4 Å². The molecule has 2 atom stereocenters. The van der Waals surface area contributed by atoms with Gasteiger partial charge in [0.2, 0.25) is 5.89 Å². The molecule has 0 spiro atoms. The lowest BCUT2D eigenvalue weighted by atomic mass is 9.70. The summed E-state index contributed by atoms with van der Waals surface area (Å²) >= 11 is 1.54. The molecule has 30 heavy (non-hydrogen) atoms. The van der Waals surface area contributed by atoms with E-state index in [1.807, 2.05) is 29.7 Å². The number of hydrogen-bond acceptors (Lipinski definition) is 7. The lowest BCUT2D eigenvalue weighted by Gasteiger charge is -2.35. The van der Waals surface area contributed by atoms with Gasteiger partial charge >= 0.3 is 0 Å². The molecule has 1 saturated carbocycles. The van der Waals surface area contributed by atoms with E-state index in [2.05, 4.69) is 16.9 Å². The molecular formula is C23H27N3O3S. The van der Waals surface area contributed by atoms with Crippen LogP contribution in [0.5, 0.6) is 5.75 Å². The van der Waals surface area contributed by atoms with Crippen molar-refractivity contribution in [2.45, 2.75) is 45.6 Å². The zero-order valence-electron chi connectivity index (χ0n) is 17.5. The smallest absolute Gasteiger partial charge is 0.219 e. The maximum Gasteiger partial charge on any atom is 0.219 e. The van der Waals surface area contributed by atoms with Crippen LogP contribution >= 0.6 is 11.3 Å². The molecule has 6 nitrogen and oxygen atoms in total. The second-order valence-corrected chi connectivity index (χ2v) is 9.31. The SMILES string of the molecule is CCC1CC(C/C=C/c2nc3c(OCC(C)(C)O)ccc(-c4nccs4)c3o2)C1=N. The maximum absolute atomic E-state index is 10.0. The van der Waals surface area contributed by atoms with Crippen molar-refractivity contribution in [2.75, 3.05) is 6.61 Å². The summed E-state index contributed by atoms with van der Waals surface area (Å²) in [6.07, 6.45) is 8.65. The van der Waals surface area contributed by atoms with Crippen molar-refractivity contribution >= 4 is 34.2 Å². The van der Waals surface area contributed by atoms with E-state index in [0.29, 0.717) is 34.6 Å². The summed E-state index contributed by atoms with van der Waals surface area (Å²) in [4.78, 5) is 9.03. The first kappa shape index (κ1) is 20.8. The number of rotatable bonds is 8. The number of fused-ring (bicyclic) bond motifs is 1. The summed E-state index contributed by atoms with van der Waals surface area (Å²) < 4.78 is 11.9. The monoisotopic (exact) mass is 425 g/mol. The summed E-state index contributed by atoms with van der Waals surface area (Å²) in [5, 5.41) is 20.9. The quantitative estimate of drug-likeness (QED) is 0.492. The molecule has 0 saturated heterocycles. The molecule has 3 aromatic rings. The van der Waals surface area contributed by atoms with E-state index in [1.54, 1.807) is 20.0 Å². The Morgan fingerprint density at radius 3 is 2.87 bits per heavy atom. The first-order chi connectivity index (χ1) is 14.4. The lowest BCUT2D eigenvalue weighted by Crippen LogP contribution is -2.35. The number of nitrogens with zero attached hydrogens (tertiary/aromatic N) is 2. The number of allylic oxidation sites excluding steroid dienone is 1. The van der Waals surface area contributed by atoms with E-state index in [0.717, 1.165) is 35.5 Å². The second kappa shape index (κ2) is 8.32. The average Bonchev–Trinajstić information content (AvgIpc) is 3.37. The van der Waals surface area contributed by atoms with Gasteiger partial charge in [-0.1, -0.05) is 13.0 Å². The summed E-state index contributed by atoms with van der Waals surface area (Å²) in [5.74, 6) is 1.87. The van der Waals surface area contributed by atoms with Gasteiger partial charge in [0, 0.05) is 23.2 Å². The van der Waals surface area contributed by atoms with Gasteiger partial charge in [0.15, 0.2) is 11.1 Å². The zero-order chi connectivity index (χ0) is 21.3. The fourth-order valence-electron chi connectivity index (χ4n) is 3.68. The van der Waals surface area contributed by atoms with Crippen molar-refractivity contribution in [1.29, 1.82) is 5.41 Å². The summed E-state index contributed by atoms with van der Waals surface area (Å²) in [5.41, 5.74) is 2.04. The van der Waals surface area contributed by atoms with Gasteiger partial charge in [-0.15, -0.1) is 11.3 Å². The van der Waals surface area contributed by atoms with Gasteiger partial charge in [-0.2, -0.15) is 0 Å². The Kier molecular flexibility index (Phi) is 5.75. The minimum absolute atomic E-state index is 0.152. The first-order valence-corrected chi connectivity index (χ1v) is 11.2. The maximum atomic E-state index is 10.0. The topological polar surface area (TPSA) is 92.2 Å². The molecule has 2 heterocycles. The number of hydrogen-bond donors (Lipinski definition) is 2. The predicted octanol–water partition coefficient (Wildman–Crippen LogP) is 5.57. The molecule has 0 bridgehead atoms. The van der Waals surface area contributed by atoms with E-state index in [-0.39, 0.29) is 6.61 Å². The molecule has 0 aliphatic heterocycles. The summed E-state index contributed by atoms with van der Waals surface area (Å²) in [7, 11) is 0. The number of benzene rings is 1. The number of aliphatic hydroxyl groups is 1. The second-order valence-electron chi connectivity index (χ2n) is 8.41. The third kappa shape index (κ3) is 4.32. The van der Waals surface area contributed by atoms with Crippen LogP contribution in [-0.2, 0) is 0 Å². The van der Waals surface area contributed by atoms with Crippen molar-refractivity contribution in [3.63, 3.8) is 0 Å². The molecular weight excluding hydrogens is 398 g/mol. The van der Waals surface area contributed by atoms with Crippen LogP contribution < -0.4 is 4.74 Å². The van der Waals surface area contributed by atoms with Crippen LogP contribution in [0.1, 0.15) is 45.9 Å². The normalized spacial score (nSPS) is 19.5. The Balaban J connectivity index is 1.60. The van der Waals surface area contributed by atoms with Crippen LogP contribution in [0.3, 0.4) is 0 Å². The van der Waals surface area contributed by atoms with Crippen molar-refractivity contribution in [3.05, 3.63) is 35.7 Å². The number of thiazole rings is 1. The molecule has 1 aromatic carbocycles. The molecule has 1 fully saturated rings. The molecule has 0 radical (unpaired) electrons. The average molecular weight is 426 g/mol. The van der Waals surface area contributed by atoms with E-state index in [9.17, 15) is 5.11 Å². The van der Waals surface area contributed by atoms with Crippen LogP contribution in [0.4, 0.5) is 0 Å². The molecule has 7 heteroatoms. The van der Waals surface area contributed by atoms with Crippen LogP contribution in [0.2, 0.25) is 0 Å². The highest BCUT2D eigenvalue weighted by molar-refractivity contribution is 7.13. The Hall–Kier alpha value is -2.51. The largest absolute Gasteiger partial charge is 0.488 e. The molecule has 2 N–H and O–H groups in total. The van der Waals surface area contributed by atoms with Gasteiger partial charge in [-0.3, -0.25) is 0 Å². The highest BCUT2D eigenvalue weighted by Gasteiger charge is 2.33. The van der Waals surface area contributed by atoms with E-state index >= 15 is 0 Å². The van der Waals surface area contributed by atoms with Gasteiger partial charge in [-0.25, -0.2) is 9.97 Å². The number of aromatic nitrogens is 2. The summed E-state index contributed by atoms with van der Waals surface area (Å²) in [6.45, 7) is 5.69. The lowest BCUT2D eigenvalue weighted by molar-refractivity contribution is 0.0290. The molecule has 1 aliphatic rings. The van der Waals surface area contributed by atoms with Crippen molar-refractivity contribution in [2.24, 2.45) is 11.8 Å². The zero-order valence-corrected chi connectivity index (χ0v) is 18.3. The Labute approximate surface area is 180 Å². The molecule has 2 unspecified atom stereocenters. The van der Waals surface area contributed by atoms with Crippen LogP contribution in [0.25, 0.3) is 27.7 Å². The first-order valence-electron chi connectivity index (χ1n) is 10.3. The van der Waals surface area contributed by atoms with Crippen molar-refractivity contribution < 1.29 is 14.3 Å². The molecule has 2 aromatic heterocycles. The predicted molar refractivity (Wildman–Crippen MR) is 120 cm³/mol. The Bertz CT molecular complexity index is 1060. The minimum atomic E-state index is -0.948. The summed E-state index contributed by atoms with van der Waals surface area (Å²) in [6, 6.07) is 3.77. The van der Waals surface area contributed by atoms with Crippen LogP contribution in [0, 0.1) is 17.2 Å². The van der Waals surface area contributed by atoms with E-state index in [4.69, 9.17) is 14.6 Å². The van der Waals surface area contributed by atoms with Crippen molar-refractivity contribution in [1.82, 2.24) is 9.97 Å². The Morgan fingerprint density at radius 1 is 1.37 bits per heavy atom. The molecule has 158 valence electrons. The number of nitrogens with one attached hydrogen (secondary N) is 1. The standard InChI is InChI=1S/C23H27N3O3S/c1-4-14-12-15(19(14)24)6-5-7-18-26-20-17(28-13-23(2,3)27)9-8-16(21(20)29-18)22-25-10-11-30-22/h5,7-11,14-15,24,27H,4,6,12-13H2,1-3H3/b7-5+,24-19?. The minimum Gasteiger partial charge on any atom is -0.488 e. The Morgan fingerprint density at radius 2 is 2.20 bits per heavy atom. The van der Waals surface area contributed by atoms with Gasteiger partial charge in [0.05, 0.1) is 11.2 Å². The highest BCUT2D eigenvalue weighted by Crippen LogP contribution is 2.37. The van der Waals surface area contributed by atoms with E-state index in [1.165, 1.54) is 11.3 Å². The fourth-order valence-corrected chi connectivity index (χ4v) is 4.34. The number of oxazole rings is 1. The fraction of sp³-hybridized carbons (Fsp3) is 0.435. The third-order valence-corrected chi connectivity index (χ3v) is 6.20. The van der Waals surface area contributed by atoms with Gasteiger partial charge in [0.25, 0.3) is 0 Å². The highest BCUT2D eigenvalue weighted by atomic mass is 32.1. The van der Waals surface area contributed by atoms with Gasteiger partial charge < -0.3 is 19.7 Å². The molecule has 4 rings (SSSR count). The van der Waals surface area contributed by atoms with Gasteiger partial charge in [-0.05, 0) is 57.2 Å². The third-order valence-electron chi connectivity index (χ3n) is 5.39. The number of ether oxygens (including phenoxy) is 1.